The first-order chi connectivity index (χ1) is 11.7. The van der Waals surface area contributed by atoms with Gasteiger partial charge in [0.2, 0.25) is 0 Å². The Balaban J connectivity index is 1.59. The maximum Gasteiger partial charge on any atom is 0.191 e. The number of aryl methyl sites for hydroxylation is 2. The van der Waals surface area contributed by atoms with Crippen LogP contribution in [-0.4, -0.2) is 27.1 Å². The number of rotatable bonds is 6. The van der Waals surface area contributed by atoms with Crippen LogP contribution in [0.4, 0.5) is 0 Å². The maximum atomic E-state index is 5.94. The SMILES string of the molecule is Cc1cccc(C)c1OCCSc1nnc(-c2ccccc2)n1C. The minimum Gasteiger partial charge on any atom is -0.492 e. The first-order valence-electron chi connectivity index (χ1n) is 7.93. The summed E-state index contributed by atoms with van der Waals surface area (Å²) < 4.78 is 7.97. The van der Waals surface area contributed by atoms with Crippen molar-refractivity contribution in [3.8, 4) is 17.1 Å². The lowest BCUT2D eigenvalue weighted by atomic mass is 10.1. The van der Waals surface area contributed by atoms with Gasteiger partial charge in [-0.15, -0.1) is 10.2 Å². The average Bonchev–Trinajstić information content (AvgIpc) is 2.95. The summed E-state index contributed by atoms with van der Waals surface area (Å²) in [5.74, 6) is 2.70. The largest absolute Gasteiger partial charge is 0.492 e. The lowest BCUT2D eigenvalue weighted by Crippen LogP contribution is -2.04. The molecule has 0 amide bonds. The number of aromatic nitrogens is 3. The number of hydrogen-bond donors (Lipinski definition) is 0. The van der Waals surface area contributed by atoms with E-state index in [4.69, 9.17) is 4.74 Å². The first kappa shape index (κ1) is 16.6. The van der Waals surface area contributed by atoms with Gasteiger partial charge in [0.1, 0.15) is 5.75 Å². The van der Waals surface area contributed by atoms with Gasteiger partial charge in [-0.05, 0) is 25.0 Å². The van der Waals surface area contributed by atoms with Crippen LogP contribution in [0, 0.1) is 13.8 Å². The monoisotopic (exact) mass is 339 g/mol. The molecule has 1 aromatic heterocycles. The van der Waals surface area contributed by atoms with Gasteiger partial charge in [-0.1, -0.05) is 60.3 Å². The smallest absolute Gasteiger partial charge is 0.191 e. The Morgan fingerprint density at radius 2 is 1.67 bits per heavy atom. The molecule has 4 nitrogen and oxygen atoms in total. The van der Waals surface area contributed by atoms with Gasteiger partial charge in [-0.2, -0.15) is 0 Å². The van der Waals surface area contributed by atoms with E-state index in [1.807, 2.05) is 41.9 Å². The Kier molecular flexibility index (Phi) is 5.20. The van der Waals surface area contributed by atoms with E-state index in [1.54, 1.807) is 11.8 Å². The Morgan fingerprint density at radius 3 is 2.38 bits per heavy atom. The second-order valence-electron chi connectivity index (χ2n) is 5.65. The lowest BCUT2D eigenvalue weighted by molar-refractivity contribution is 0.339. The summed E-state index contributed by atoms with van der Waals surface area (Å²) in [7, 11) is 2.00. The van der Waals surface area contributed by atoms with Crippen LogP contribution in [0.2, 0.25) is 0 Å². The molecule has 0 aliphatic heterocycles. The zero-order valence-electron chi connectivity index (χ0n) is 14.2. The van der Waals surface area contributed by atoms with Gasteiger partial charge in [-0.25, -0.2) is 0 Å². The first-order valence-corrected chi connectivity index (χ1v) is 8.92. The van der Waals surface area contributed by atoms with E-state index in [0.29, 0.717) is 6.61 Å². The highest BCUT2D eigenvalue weighted by atomic mass is 32.2. The maximum absolute atomic E-state index is 5.94. The molecule has 0 saturated carbocycles. The molecule has 0 radical (unpaired) electrons. The summed E-state index contributed by atoms with van der Waals surface area (Å²) in [6.07, 6.45) is 0. The van der Waals surface area contributed by atoms with Crippen molar-refractivity contribution in [1.29, 1.82) is 0 Å². The molecule has 0 spiro atoms. The fraction of sp³-hybridized carbons (Fsp3) is 0.263. The zero-order valence-corrected chi connectivity index (χ0v) is 15.0. The van der Waals surface area contributed by atoms with Crippen LogP contribution in [0.3, 0.4) is 0 Å². The van der Waals surface area contributed by atoms with Crippen molar-refractivity contribution in [2.75, 3.05) is 12.4 Å². The Bertz CT molecular complexity index is 794. The number of benzene rings is 2. The van der Waals surface area contributed by atoms with E-state index in [9.17, 15) is 0 Å². The highest BCUT2D eigenvalue weighted by molar-refractivity contribution is 7.99. The van der Waals surface area contributed by atoms with Gasteiger partial charge in [0, 0.05) is 18.4 Å². The highest BCUT2D eigenvalue weighted by Crippen LogP contribution is 2.24. The molecule has 3 rings (SSSR count). The van der Waals surface area contributed by atoms with E-state index in [2.05, 4.69) is 42.2 Å². The summed E-state index contributed by atoms with van der Waals surface area (Å²) >= 11 is 1.66. The minimum atomic E-state index is 0.643. The number of para-hydroxylation sites is 1. The van der Waals surface area contributed by atoms with Crippen molar-refractivity contribution in [2.24, 2.45) is 7.05 Å². The van der Waals surface area contributed by atoms with Crippen LogP contribution >= 0.6 is 11.8 Å². The van der Waals surface area contributed by atoms with Gasteiger partial charge in [0.25, 0.3) is 0 Å². The third kappa shape index (κ3) is 3.62. The standard InChI is InChI=1S/C19H21N3OS/c1-14-8-7-9-15(2)17(14)23-12-13-24-19-21-20-18(22(19)3)16-10-5-4-6-11-16/h4-11H,12-13H2,1-3H3. The summed E-state index contributed by atoms with van der Waals surface area (Å²) in [6.45, 7) is 4.79. The van der Waals surface area contributed by atoms with Gasteiger partial charge >= 0.3 is 0 Å². The number of hydrogen-bond acceptors (Lipinski definition) is 4. The molecule has 0 saturated heterocycles. The quantitative estimate of drug-likeness (QED) is 0.497. The molecule has 0 bridgehead atoms. The van der Waals surface area contributed by atoms with E-state index in [-0.39, 0.29) is 0 Å². The van der Waals surface area contributed by atoms with Crippen LogP contribution in [0.1, 0.15) is 11.1 Å². The molecule has 124 valence electrons. The molecule has 3 aromatic rings. The molecule has 0 fully saturated rings. The molecule has 2 aromatic carbocycles. The molecule has 0 N–H and O–H groups in total. The molecule has 1 heterocycles. The third-order valence-electron chi connectivity index (χ3n) is 3.84. The minimum absolute atomic E-state index is 0.643. The molecular formula is C19H21N3OS. The Hall–Kier alpha value is -2.27. The topological polar surface area (TPSA) is 39.9 Å². The molecular weight excluding hydrogens is 318 g/mol. The van der Waals surface area contributed by atoms with E-state index >= 15 is 0 Å². The van der Waals surface area contributed by atoms with Crippen molar-refractivity contribution in [2.45, 2.75) is 19.0 Å². The van der Waals surface area contributed by atoms with Crippen molar-refractivity contribution in [3.05, 3.63) is 59.7 Å². The molecule has 0 aliphatic rings. The second-order valence-corrected chi connectivity index (χ2v) is 6.71. The fourth-order valence-electron chi connectivity index (χ4n) is 2.58. The second kappa shape index (κ2) is 7.53. The van der Waals surface area contributed by atoms with Crippen LogP contribution < -0.4 is 4.74 Å². The van der Waals surface area contributed by atoms with E-state index < -0.39 is 0 Å². The summed E-state index contributed by atoms with van der Waals surface area (Å²) in [4.78, 5) is 0. The summed E-state index contributed by atoms with van der Waals surface area (Å²) in [5.41, 5.74) is 3.42. The van der Waals surface area contributed by atoms with Gasteiger partial charge < -0.3 is 9.30 Å². The van der Waals surface area contributed by atoms with E-state index in [1.165, 1.54) is 11.1 Å². The van der Waals surface area contributed by atoms with Crippen LogP contribution in [0.5, 0.6) is 5.75 Å². The van der Waals surface area contributed by atoms with Crippen molar-refractivity contribution >= 4 is 11.8 Å². The number of ether oxygens (including phenoxy) is 1. The number of nitrogens with zero attached hydrogens (tertiary/aromatic N) is 3. The number of thioether (sulfide) groups is 1. The Labute approximate surface area is 146 Å². The van der Waals surface area contributed by atoms with Crippen LogP contribution in [0.25, 0.3) is 11.4 Å². The predicted molar refractivity (Wildman–Crippen MR) is 98.6 cm³/mol. The summed E-state index contributed by atoms with van der Waals surface area (Å²) in [5, 5.41) is 9.50. The molecule has 5 heteroatoms. The average molecular weight is 339 g/mol. The summed E-state index contributed by atoms with van der Waals surface area (Å²) in [6, 6.07) is 16.3. The Morgan fingerprint density at radius 1 is 0.958 bits per heavy atom. The molecule has 0 aliphatic carbocycles. The van der Waals surface area contributed by atoms with Gasteiger partial charge in [-0.3, -0.25) is 0 Å². The van der Waals surface area contributed by atoms with Crippen LogP contribution in [0.15, 0.2) is 53.7 Å². The lowest BCUT2D eigenvalue weighted by Gasteiger charge is -2.11. The molecule has 0 atom stereocenters. The third-order valence-corrected chi connectivity index (χ3v) is 4.82. The van der Waals surface area contributed by atoms with Crippen LogP contribution in [-0.2, 0) is 7.05 Å². The molecule has 0 unspecified atom stereocenters. The van der Waals surface area contributed by atoms with Crippen molar-refractivity contribution < 1.29 is 4.74 Å². The fourth-order valence-corrected chi connectivity index (χ4v) is 3.31. The molecule has 24 heavy (non-hydrogen) atoms. The zero-order chi connectivity index (χ0) is 16.9. The predicted octanol–water partition coefficient (Wildman–Crippen LogP) is 4.27. The highest BCUT2D eigenvalue weighted by Gasteiger charge is 2.11. The van der Waals surface area contributed by atoms with Crippen molar-refractivity contribution in [3.63, 3.8) is 0 Å². The van der Waals surface area contributed by atoms with Gasteiger partial charge in [0.05, 0.1) is 6.61 Å². The van der Waals surface area contributed by atoms with E-state index in [0.717, 1.165) is 28.0 Å². The van der Waals surface area contributed by atoms with Crippen molar-refractivity contribution in [1.82, 2.24) is 14.8 Å². The van der Waals surface area contributed by atoms with Gasteiger partial charge in [0.15, 0.2) is 11.0 Å². The normalized spacial score (nSPS) is 10.8.